The quantitative estimate of drug-likeness (QED) is 0.0531. The summed E-state index contributed by atoms with van der Waals surface area (Å²) in [5, 5.41) is 0. The summed E-state index contributed by atoms with van der Waals surface area (Å²) < 4.78 is 0. The van der Waals surface area contributed by atoms with Gasteiger partial charge in [-0.25, -0.2) is 0 Å². The molecule has 0 aromatic heterocycles. The molecule has 7 aromatic rings. The highest BCUT2D eigenvalue weighted by Crippen LogP contribution is 2.45. The van der Waals surface area contributed by atoms with E-state index in [-0.39, 0.29) is 0 Å². The Kier molecular flexibility index (Phi) is 14.7. The minimum absolute atomic E-state index is 0.458. The van der Waals surface area contributed by atoms with E-state index >= 15 is 0 Å². The molecule has 0 amide bonds. The van der Waals surface area contributed by atoms with Gasteiger partial charge in [-0.1, -0.05) is 141 Å². The number of hydrogen-bond acceptors (Lipinski definition) is 3. The van der Waals surface area contributed by atoms with Gasteiger partial charge in [0.25, 0.3) is 0 Å². The van der Waals surface area contributed by atoms with Crippen molar-refractivity contribution in [1.82, 2.24) is 0 Å². The Morgan fingerprint density at radius 1 is 0.403 bits per heavy atom. The van der Waals surface area contributed by atoms with Gasteiger partial charge in [-0.2, -0.15) is 0 Å². The van der Waals surface area contributed by atoms with Crippen molar-refractivity contribution < 1.29 is 0 Å². The van der Waals surface area contributed by atoms with Crippen LogP contribution in [0.25, 0.3) is 44.6 Å². The summed E-state index contributed by atoms with van der Waals surface area (Å²) in [6, 6.07) is 68.4. The van der Waals surface area contributed by atoms with Crippen LogP contribution in [0.5, 0.6) is 0 Å². The summed E-state index contributed by atoms with van der Waals surface area (Å²) in [7, 11) is 0. The summed E-state index contributed by atoms with van der Waals surface area (Å²) >= 11 is 8.16. The number of benzene rings is 6. The molecule has 7 aromatic carbocycles. The molecule has 0 fully saturated rings. The highest BCUT2D eigenvalue weighted by molar-refractivity contribution is 7.98. The Morgan fingerprint density at radius 3 is 1.13 bits per heavy atom. The molecule has 3 heteroatoms. The average Bonchev–Trinajstić information content (AvgIpc) is 3.32. The molecule has 0 atom stereocenters. The zero-order valence-electron chi connectivity index (χ0n) is 37.0. The summed E-state index contributed by atoms with van der Waals surface area (Å²) in [5.41, 5.74) is 20.3. The van der Waals surface area contributed by atoms with Gasteiger partial charge >= 0.3 is 0 Å². The number of thiol groups is 1. The van der Waals surface area contributed by atoms with Gasteiger partial charge in [-0.05, 0) is 195 Å². The van der Waals surface area contributed by atoms with Crippen LogP contribution in [0.15, 0.2) is 185 Å². The SMILES string of the molecule is CSc1ccc(/C(C)=C(/C(=C(\C)c2ccc(C(C)C)cc2)c2cc#ccc2)c2ccc(C(=C(/C)c3ccc(SC)cc3)/C(=C(\C)c3ccc(S)cc3)c3ccccc3)cc2)cc1. The van der Waals surface area contributed by atoms with Gasteiger partial charge in [-0.3, -0.25) is 0 Å². The maximum absolute atomic E-state index is 4.63. The fraction of sp³-hybridized carbons (Fsp3) is 0.153. The Labute approximate surface area is 385 Å². The van der Waals surface area contributed by atoms with E-state index in [0.29, 0.717) is 5.92 Å². The minimum Gasteiger partial charge on any atom is -0.143 e. The number of thioether (sulfide) groups is 2. The molecule has 0 N–H and O–H groups in total. The maximum Gasteiger partial charge on any atom is 0.00695 e. The first-order valence-electron chi connectivity index (χ1n) is 21.1. The second-order valence-corrected chi connectivity index (χ2v) is 18.2. The summed E-state index contributed by atoms with van der Waals surface area (Å²) in [6.07, 6.45) is 4.26. The Bertz CT molecular complexity index is 2730. The standard InChI is InChI=1S/C59H54S3/c1-39(2)44-19-21-45(22-20-44)40(3)56(49-15-11-9-12-16-49)58(42(5)47-29-35-54(61-7)36-30-47)51-23-25-52(26-24-51)59(43(6)48-31-37-55(62-8)38-32-48)57(50-17-13-10-14-18-50)41(4)46-27-33-53(60)34-28-46/h10-11,13-39,60H,1-8H3/b56-40+,57-41+,58-42+,59-43+. The molecule has 0 aliphatic rings. The molecule has 0 saturated heterocycles. The van der Waals surface area contributed by atoms with Crippen molar-refractivity contribution in [2.45, 2.75) is 62.1 Å². The Hall–Kier alpha value is -5.63. The van der Waals surface area contributed by atoms with E-state index in [4.69, 9.17) is 0 Å². The average molecular weight is 859 g/mol. The molecule has 0 radical (unpaired) electrons. The lowest BCUT2D eigenvalue weighted by molar-refractivity contribution is 0.866. The van der Waals surface area contributed by atoms with E-state index in [2.05, 4.69) is 243 Å². The summed E-state index contributed by atoms with van der Waals surface area (Å²) in [5.74, 6) is 0.458. The molecule has 0 saturated carbocycles. The Morgan fingerprint density at radius 2 is 0.758 bits per heavy atom. The van der Waals surface area contributed by atoms with Crippen LogP contribution in [0.2, 0.25) is 0 Å². The molecule has 0 heterocycles. The molecule has 0 aliphatic heterocycles. The monoisotopic (exact) mass is 858 g/mol. The van der Waals surface area contributed by atoms with Crippen molar-refractivity contribution in [3.63, 3.8) is 0 Å². The van der Waals surface area contributed by atoms with Crippen LogP contribution in [0.4, 0.5) is 0 Å². The first-order chi connectivity index (χ1) is 30.1. The zero-order chi connectivity index (χ0) is 43.8. The van der Waals surface area contributed by atoms with E-state index in [1.54, 1.807) is 23.5 Å². The van der Waals surface area contributed by atoms with Gasteiger partial charge in [0.05, 0.1) is 0 Å². The van der Waals surface area contributed by atoms with Crippen molar-refractivity contribution in [3.05, 3.63) is 232 Å². The van der Waals surface area contributed by atoms with E-state index in [9.17, 15) is 0 Å². The molecule has 0 bridgehead atoms. The first kappa shape index (κ1) is 44.4. The van der Waals surface area contributed by atoms with E-state index in [1.807, 2.05) is 6.07 Å². The van der Waals surface area contributed by atoms with Crippen LogP contribution in [-0.2, 0) is 0 Å². The van der Waals surface area contributed by atoms with Crippen LogP contribution < -0.4 is 0 Å². The first-order valence-corrected chi connectivity index (χ1v) is 24.0. The lowest BCUT2D eigenvalue weighted by Crippen LogP contribution is -2.00. The smallest absolute Gasteiger partial charge is 0.00695 e. The number of hydrogen-bond donors (Lipinski definition) is 1. The van der Waals surface area contributed by atoms with Crippen molar-refractivity contribution in [2.24, 2.45) is 0 Å². The highest BCUT2D eigenvalue weighted by Gasteiger charge is 2.22. The van der Waals surface area contributed by atoms with Gasteiger partial charge in [0, 0.05) is 14.7 Å². The van der Waals surface area contributed by atoms with E-state index in [1.165, 1.54) is 87.8 Å². The minimum atomic E-state index is 0.458. The number of rotatable bonds is 13. The summed E-state index contributed by atoms with van der Waals surface area (Å²) in [4.78, 5) is 3.44. The number of allylic oxidation sites excluding steroid dienone is 8. The van der Waals surface area contributed by atoms with Crippen molar-refractivity contribution in [1.29, 1.82) is 0 Å². The third-order valence-corrected chi connectivity index (χ3v) is 13.6. The lowest BCUT2D eigenvalue weighted by Gasteiger charge is -2.23. The van der Waals surface area contributed by atoms with Gasteiger partial charge in [-0.15, -0.1) is 36.2 Å². The molecule has 0 spiro atoms. The lowest BCUT2D eigenvalue weighted by atomic mass is 9.80. The van der Waals surface area contributed by atoms with Crippen molar-refractivity contribution in [2.75, 3.05) is 12.5 Å². The molecule has 308 valence electrons. The Balaban J connectivity index is 1.50. The molecule has 0 nitrogen and oxygen atoms in total. The predicted octanol–water partition coefficient (Wildman–Crippen LogP) is 17.3. The molecule has 0 unspecified atom stereocenters. The van der Waals surface area contributed by atoms with Crippen LogP contribution in [-0.4, -0.2) is 12.5 Å². The van der Waals surface area contributed by atoms with Crippen LogP contribution >= 0.6 is 36.2 Å². The fourth-order valence-electron chi connectivity index (χ4n) is 8.19. The highest BCUT2D eigenvalue weighted by atomic mass is 32.2. The zero-order valence-corrected chi connectivity index (χ0v) is 39.5. The van der Waals surface area contributed by atoms with Gasteiger partial charge < -0.3 is 0 Å². The molecular formula is C59H54S3. The van der Waals surface area contributed by atoms with Gasteiger partial charge in [0.2, 0.25) is 0 Å². The second kappa shape index (κ2) is 20.5. The van der Waals surface area contributed by atoms with E-state index < -0.39 is 0 Å². The molecular weight excluding hydrogens is 805 g/mol. The largest absolute Gasteiger partial charge is 0.143 e. The predicted molar refractivity (Wildman–Crippen MR) is 278 cm³/mol. The van der Waals surface area contributed by atoms with Crippen molar-refractivity contribution in [3.8, 4) is 0 Å². The maximum atomic E-state index is 4.63. The molecule has 0 aliphatic carbocycles. The normalized spacial score (nSPS) is 13.1. The second-order valence-electron chi connectivity index (χ2n) is 15.9. The van der Waals surface area contributed by atoms with Gasteiger partial charge in [0.1, 0.15) is 0 Å². The third-order valence-electron chi connectivity index (χ3n) is 11.8. The topological polar surface area (TPSA) is 0 Å². The summed E-state index contributed by atoms with van der Waals surface area (Å²) in [6.45, 7) is 13.6. The van der Waals surface area contributed by atoms with Crippen LogP contribution in [0.3, 0.4) is 0 Å². The van der Waals surface area contributed by atoms with E-state index in [0.717, 1.165) is 21.6 Å². The third kappa shape index (κ3) is 10.0. The fourth-order valence-corrected chi connectivity index (χ4v) is 9.16. The van der Waals surface area contributed by atoms with Gasteiger partial charge in [0.15, 0.2) is 0 Å². The molecule has 7 rings (SSSR count). The molecule has 62 heavy (non-hydrogen) atoms. The van der Waals surface area contributed by atoms with Crippen molar-refractivity contribution >= 4 is 80.7 Å². The van der Waals surface area contributed by atoms with Crippen LogP contribution in [0, 0.1) is 12.1 Å². The van der Waals surface area contributed by atoms with Crippen LogP contribution in [0.1, 0.15) is 97.5 Å².